The van der Waals surface area contributed by atoms with Gasteiger partial charge in [-0.25, -0.2) is 0 Å². The van der Waals surface area contributed by atoms with Crippen LogP contribution in [-0.2, 0) is 11.3 Å². The van der Waals surface area contributed by atoms with Crippen molar-refractivity contribution in [2.75, 3.05) is 12.8 Å². The predicted octanol–water partition coefficient (Wildman–Crippen LogP) is 4.39. The molecular formula is C13H20BrNOS2. The van der Waals surface area contributed by atoms with Crippen molar-refractivity contribution in [2.24, 2.45) is 0 Å². The molecule has 0 aliphatic heterocycles. The van der Waals surface area contributed by atoms with Gasteiger partial charge in [-0.3, -0.25) is 4.79 Å². The minimum atomic E-state index is 0.0601. The largest absolute Gasteiger partial charge is 0.340 e. The fourth-order valence-corrected chi connectivity index (χ4v) is 4.20. The Kier molecular flexibility index (Phi) is 7.34. The van der Waals surface area contributed by atoms with E-state index in [-0.39, 0.29) is 11.2 Å². The maximum Gasteiger partial charge on any atom is 0.235 e. The molecule has 0 bridgehead atoms. The lowest BCUT2D eigenvalue weighted by molar-refractivity contribution is -0.129. The van der Waals surface area contributed by atoms with Crippen molar-refractivity contribution in [3.05, 3.63) is 20.8 Å². The fourth-order valence-electron chi connectivity index (χ4n) is 1.53. The van der Waals surface area contributed by atoms with Gasteiger partial charge in [0.25, 0.3) is 0 Å². The van der Waals surface area contributed by atoms with Crippen molar-refractivity contribution >= 4 is 44.9 Å². The second kappa shape index (κ2) is 8.23. The number of hydrogen-bond donors (Lipinski definition) is 0. The van der Waals surface area contributed by atoms with Gasteiger partial charge >= 0.3 is 0 Å². The predicted molar refractivity (Wildman–Crippen MR) is 85.3 cm³/mol. The van der Waals surface area contributed by atoms with Gasteiger partial charge in [-0.2, -0.15) is 0 Å². The van der Waals surface area contributed by atoms with Crippen LogP contribution in [0.15, 0.2) is 15.9 Å². The van der Waals surface area contributed by atoms with Crippen LogP contribution in [0.2, 0.25) is 0 Å². The highest BCUT2D eigenvalue weighted by Crippen LogP contribution is 2.24. The van der Waals surface area contributed by atoms with Gasteiger partial charge in [0.2, 0.25) is 5.91 Å². The zero-order chi connectivity index (χ0) is 13.5. The minimum Gasteiger partial charge on any atom is -0.340 e. The van der Waals surface area contributed by atoms with Crippen LogP contribution in [0.4, 0.5) is 0 Å². The van der Waals surface area contributed by atoms with E-state index in [1.54, 1.807) is 23.1 Å². The second-order valence-electron chi connectivity index (χ2n) is 4.27. The summed E-state index contributed by atoms with van der Waals surface area (Å²) >= 11 is 6.88. The Morgan fingerprint density at radius 1 is 1.56 bits per heavy atom. The highest BCUT2D eigenvalue weighted by Gasteiger charge is 2.18. The molecule has 1 heterocycles. The van der Waals surface area contributed by atoms with Crippen molar-refractivity contribution in [3.63, 3.8) is 0 Å². The Morgan fingerprint density at radius 2 is 2.28 bits per heavy atom. The minimum absolute atomic E-state index is 0.0601. The third-order valence-corrected chi connectivity index (χ3v) is 5.45. The summed E-state index contributed by atoms with van der Waals surface area (Å²) in [5, 5.41) is 0.0601. The average Bonchev–Trinajstić information content (AvgIpc) is 2.73. The number of amides is 1. The topological polar surface area (TPSA) is 20.3 Å². The van der Waals surface area contributed by atoms with Gasteiger partial charge < -0.3 is 4.90 Å². The van der Waals surface area contributed by atoms with Crippen LogP contribution in [-0.4, -0.2) is 28.9 Å². The van der Waals surface area contributed by atoms with E-state index < -0.39 is 0 Å². The maximum atomic E-state index is 12.1. The van der Waals surface area contributed by atoms with E-state index >= 15 is 0 Å². The third-order valence-electron chi connectivity index (χ3n) is 2.61. The number of unbranched alkanes of at least 4 members (excludes halogenated alkanes) is 1. The quantitative estimate of drug-likeness (QED) is 0.680. The molecule has 1 aromatic heterocycles. The van der Waals surface area contributed by atoms with Gasteiger partial charge in [-0.1, -0.05) is 13.3 Å². The molecule has 0 saturated heterocycles. The molecule has 2 nitrogen and oxygen atoms in total. The van der Waals surface area contributed by atoms with Crippen molar-refractivity contribution in [2.45, 2.75) is 38.5 Å². The molecule has 0 saturated carbocycles. The Morgan fingerprint density at radius 3 is 2.83 bits per heavy atom. The van der Waals surface area contributed by atoms with Crippen LogP contribution in [0, 0.1) is 0 Å². The molecule has 1 atom stereocenters. The lowest BCUT2D eigenvalue weighted by Gasteiger charge is -2.20. The summed E-state index contributed by atoms with van der Waals surface area (Å²) in [7, 11) is 1.88. The molecule has 1 amide bonds. The molecule has 18 heavy (non-hydrogen) atoms. The molecule has 1 unspecified atom stereocenters. The zero-order valence-electron chi connectivity index (χ0n) is 11.1. The van der Waals surface area contributed by atoms with E-state index in [9.17, 15) is 4.79 Å². The number of thiophene rings is 1. The SMILES string of the molecule is CCCCSC(C)C(=O)N(C)Cc1ccc(Br)s1. The summed E-state index contributed by atoms with van der Waals surface area (Å²) in [5.74, 6) is 1.29. The third kappa shape index (κ3) is 5.33. The van der Waals surface area contributed by atoms with Crippen LogP contribution >= 0.6 is 39.0 Å². The summed E-state index contributed by atoms with van der Waals surface area (Å²) in [6.07, 6.45) is 2.37. The normalized spacial score (nSPS) is 12.4. The molecule has 1 rings (SSSR count). The monoisotopic (exact) mass is 349 g/mol. The first-order valence-corrected chi connectivity index (χ1v) is 8.81. The first-order valence-electron chi connectivity index (χ1n) is 6.15. The highest BCUT2D eigenvalue weighted by atomic mass is 79.9. The Balaban J connectivity index is 2.40. The van der Waals surface area contributed by atoms with E-state index in [0.29, 0.717) is 6.54 Å². The van der Waals surface area contributed by atoms with E-state index in [2.05, 4.69) is 28.9 Å². The first kappa shape index (κ1) is 16.1. The van der Waals surface area contributed by atoms with E-state index in [0.717, 1.165) is 9.54 Å². The van der Waals surface area contributed by atoms with Crippen LogP contribution in [0.5, 0.6) is 0 Å². The molecule has 0 N–H and O–H groups in total. The zero-order valence-corrected chi connectivity index (χ0v) is 14.3. The molecule has 0 radical (unpaired) electrons. The number of thioether (sulfide) groups is 1. The summed E-state index contributed by atoms with van der Waals surface area (Å²) in [5.41, 5.74) is 0. The Labute approximate surface area is 126 Å². The van der Waals surface area contributed by atoms with Crippen LogP contribution in [0.25, 0.3) is 0 Å². The lowest BCUT2D eigenvalue weighted by Crippen LogP contribution is -2.32. The highest BCUT2D eigenvalue weighted by molar-refractivity contribution is 9.11. The van der Waals surface area contributed by atoms with E-state index in [4.69, 9.17) is 0 Å². The van der Waals surface area contributed by atoms with Crippen molar-refractivity contribution < 1.29 is 4.79 Å². The van der Waals surface area contributed by atoms with Gasteiger partial charge in [-0.05, 0) is 47.2 Å². The van der Waals surface area contributed by atoms with Gasteiger partial charge in [-0.15, -0.1) is 23.1 Å². The maximum absolute atomic E-state index is 12.1. The number of nitrogens with zero attached hydrogens (tertiary/aromatic N) is 1. The molecule has 0 aliphatic carbocycles. The fraction of sp³-hybridized carbons (Fsp3) is 0.615. The van der Waals surface area contributed by atoms with Crippen molar-refractivity contribution in [3.8, 4) is 0 Å². The molecule has 0 fully saturated rings. The summed E-state index contributed by atoms with van der Waals surface area (Å²) in [4.78, 5) is 15.2. The molecule has 5 heteroatoms. The smallest absolute Gasteiger partial charge is 0.235 e. The standard InChI is InChI=1S/C13H20BrNOS2/c1-4-5-8-17-10(2)13(16)15(3)9-11-6-7-12(14)18-11/h6-7,10H,4-5,8-9H2,1-3H3. The molecule has 0 aromatic carbocycles. The molecule has 0 spiro atoms. The Bertz CT molecular complexity index is 381. The number of carbonyl (C=O) groups excluding carboxylic acids is 1. The summed E-state index contributed by atoms with van der Waals surface area (Å²) in [6.45, 7) is 4.88. The molecule has 102 valence electrons. The van der Waals surface area contributed by atoms with E-state index in [1.165, 1.54) is 17.7 Å². The van der Waals surface area contributed by atoms with Crippen molar-refractivity contribution in [1.29, 1.82) is 0 Å². The van der Waals surface area contributed by atoms with Gasteiger partial charge in [0.1, 0.15) is 0 Å². The molecule has 1 aromatic rings. The van der Waals surface area contributed by atoms with Crippen LogP contribution in [0.1, 0.15) is 31.6 Å². The number of hydrogen-bond acceptors (Lipinski definition) is 3. The number of halogens is 1. The van der Waals surface area contributed by atoms with Crippen molar-refractivity contribution in [1.82, 2.24) is 4.90 Å². The lowest BCUT2D eigenvalue weighted by atomic mass is 10.3. The van der Waals surface area contributed by atoms with E-state index in [1.807, 2.05) is 24.9 Å². The first-order chi connectivity index (χ1) is 8.54. The number of rotatable bonds is 7. The van der Waals surface area contributed by atoms with Gasteiger partial charge in [0.15, 0.2) is 0 Å². The van der Waals surface area contributed by atoms with Crippen LogP contribution < -0.4 is 0 Å². The molecule has 0 aliphatic rings. The number of carbonyl (C=O) groups is 1. The molecular weight excluding hydrogens is 330 g/mol. The summed E-state index contributed by atoms with van der Waals surface area (Å²) < 4.78 is 1.11. The van der Waals surface area contributed by atoms with Gasteiger partial charge in [0.05, 0.1) is 15.6 Å². The Hall–Kier alpha value is -0.0000000000000000833. The average molecular weight is 350 g/mol. The van der Waals surface area contributed by atoms with Crippen LogP contribution in [0.3, 0.4) is 0 Å². The summed E-state index contributed by atoms with van der Waals surface area (Å²) in [6, 6.07) is 4.09. The van der Waals surface area contributed by atoms with Gasteiger partial charge in [0, 0.05) is 11.9 Å². The second-order valence-corrected chi connectivity index (χ2v) is 8.26.